The van der Waals surface area contributed by atoms with Gasteiger partial charge in [0.1, 0.15) is 0 Å². The van der Waals surface area contributed by atoms with Crippen molar-refractivity contribution in [1.29, 1.82) is 0 Å². The van der Waals surface area contributed by atoms with Crippen LogP contribution >= 0.6 is 23.1 Å². The molecule has 0 atom stereocenters. The van der Waals surface area contributed by atoms with Crippen LogP contribution < -0.4 is 5.43 Å². The van der Waals surface area contributed by atoms with Gasteiger partial charge >= 0.3 is 0 Å². The van der Waals surface area contributed by atoms with Gasteiger partial charge in [0, 0.05) is 69.3 Å². The van der Waals surface area contributed by atoms with Gasteiger partial charge in [0.2, 0.25) is 0 Å². The van der Waals surface area contributed by atoms with Crippen LogP contribution in [0.2, 0.25) is 0 Å². The quantitative estimate of drug-likeness (QED) is 0.139. The number of amides is 1. The van der Waals surface area contributed by atoms with Crippen molar-refractivity contribution in [2.75, 3.05) is 0 Å². The van der Waals surface area contributed by atoms with E-state index >= 15 is 0 Å². The van der Waals surface area contributed by atoms with E-state index in [-0.39, 0.29) is 11.4 Å². The average molecular weight is 575 g/mol. The topological polar surface area (TPSA) is 171 Å². The number of nitro benzene ring substituents is 2. The number of nitrogens with one attached hydrogen (secondary N) is 1. The van der Waals surface area contributed by atoms with Crippen LogP contribution in [0.4, 0.5) is 11.4 Å². The summed E-state index contributed by atoms with van der Waals surface area (Å²) in [7, 11) is 0. The molecule has 200 valence electrons. The number of carbonyl (C=O) groups is 1. The number of benzene rings is 2. The molecule has 40 heavy (non-hydrogen) atoms. The van der Waals surface area contributed by atoms with Crippen LogP contribution in [-0.2, 0) is 6.54 Å². The molecule has 0 aliphatic heterocycles. The fourth-order valence-electron chi connectivity index (χ4n) is 3.78. The molecule has 1 N–H and O–H groups in total. The van der Waals surface area contributed by atoms with Crippen LogP contribution in [0.15, 0.2) is 82.1 Å². The third-order valence-electron chi connectivity index (χ3n) is 5.68. The molecule has 3 aromatic heterocycles. The van der Waals surface area contributed by atoms with Gasteiger partial charge in [-0.25, -0.2) is 5.43 Å². The molecule has 0 saturated carbocycles. The van der Waals surface area contributed by atoms with E-state index in [9.17, 15) is 25.0 Å². The monoisotopic (exact) mass is 574 g/mol. The summed E-state index contributed by atoms with van der Waals surface area (Å²) in [6.07, 6.45) is 4.65. The number of rotatable bonds is 9. The van der Waals surface area contributed by atoms with Gasteiger partial charge in [-0.1, -0.05) is 0 Å². The fourth-order valence-corrected chi connectivity index (χ4v) is 5.68. The number of pyridine rings is 1. The number of nitro groups is 2. The van der Waals surface area contributed by atoms with E-state index in [4.69, 9.17) is 0 Å². The molecular weight excluding hydrogens is 556 g/mol. The molecular formula is C25H18N8O5S2. The maximum absolute atomic E-state index is 12.7. The maximum atomic E-state index is 12.7. The molecule has 0 spiro atoms. The molecule has 3 heterocycles. The van der Waals surface area contributed by atoms with Crippen LogP contribution in [0.1, 0.15) is 22.2 Å². The first-order valence-electron chi connectivity index (χ1n) is 11.7. The summed E-state index contributed by atoms with van der Waals surface area (Å²) in [5, 5.41) is 36.2. The molecule has 13 nitrogen and oxygen atoms in total. The van der Waals surface area contributed by atoms with Gasteiger partial charge < -0.3 is 4.57 Å². The van der Waals surface area contributed by atoms with E-state index in [2.05, 4.69) is 25.7 Å². The fraction of sp³-hybridized carbons (Fsp3) is 0.0800. The molecule has 0 aliphatic rings. The summed E-state index contributed by atoms with van der Waals surface area (Å²) in [6, 6.07) is 13.9. The van der Waals surface area contributed by atoms with Crippen LogP contribution in [0.3, 0.4) is 0 Å². The first-order chi connectivity index (χ1) is 19.3. The van der Waals surface area contributed by atoms with E-state index in [1.165, 1.54) is 42.2 Å². The van der Waals surface area contributed by atoms with Gasteiger partial charge in [-0.15, -0.1) is 21.5 Å². The molecule has 0 radical (unpaired) electrons. The Labute approximate surface area is 233 Å². The lowest BCUT2D eigenvalue weighted by Crippen LogP contribution is -2.16. The Bertz CT molecular complexity index is 1780. The first kappa shape index (κ1) is 26.6. The van der Waals surface area contributed by atoms with Crippen molar-refractivity contribution in [3.05, 3.63) is 97.7 Å². The maximum Gasteiger partial charge on any atom is 0.281 e. The van der Waals surface area contributed by atoms with Crippen LogP contribution in [0, 0.1) is 20.2 Å². The highest BCUT2D eigenvalue weighted by atomic mass is 32.2. The molecule has 15 heteroatoms. The number of hydrazone groups is 1. The van der Waals surface area contributed by atoms with E-state index in [0.29, 0.717) is 42.9 Å². The van der Waals surface area contributed by atoms with Gasteiger partial charge in [0.15, 0.2) is 11.0 Å². The largest absolute Gasteiger partial charge is 0.302 e. The second kappa shape index (κ2) is 11.4. The van der Waals surface area contributed by atoms with Gasteiger partial charge in [0.05, 0.1) is 20.9 Å². The van der Waals surface area contributed by atoms with Crippen LogP contribution in [0.25, 0.3) is 21.5 Å². The smallest absolute Gasteiger partial charge is 0.281 e. The SMILES string of the molecule is CCn1c(Sc2ccc([N+](=O)[O-])cc2/C=N/NC(=O)c2cc3cc([N+](=O)[O-])ccc3s2)nnc1-c1ccncc1. The van der Waals surface area contributed by atoms with E-state index in [1.807, 2.05) is 23.6 Å². The van der Waals surface area contributed by atoms with Crippen LogP contribution in [0.5, 0.6) is 0 Å². The van der Waals surface area contributed by atoms with Crippen molar-refractivity contribution >= 4 is 56.7 Å². The van der Waals surface area contributed by atoms with Crippen molar-refractivity contribution in [3.63, 3.8) is 0 Å². The number of thiophene rings is 1. The summed E-state index contributed by atoms with van der Waals surface area (Å²) in [5.41, 5.74) is 3.45. The highest BCUT2D eigenvalue weighted by molar-refractivity contribution is 7.99. The number of non-ortho nitro benzene ring substituents is 2. The summed E-state index contributed by atoms with van der Waals surface area (Å²) in [6.45, 7) is 2.54. The second-order valence-corrected chi connectivity index (χ2v) is 10.2. The molecule has 0 unspecified atom stereocenters. The summed E-state index contributed by atoms with van der Waals surface area (Å²) in [4.78, 5) is 39.1. The standard InChI is InChI=1S/C25H18N8O5S2/c1-2-31-23(15-7-9-26-10-8-15)28-30-25(31)40-21-6-4-19(33(37)38)12-17(21)14-27-29-24(34)22-13-16-11-18(32(35)36)3-5-20(16)39-22/h3-14H,2H2,1H3,(H,29,34)/b27-14+. The van der Waals surface area contributed by atoms with Gasteiger partial charge in [-0.05, 0) is 49.0 Å². The van der Waals surface area contributed by atoms with Crippen molar-refractivity contribution in [2.45, 2.75) is 23.5 Å². The highest BCUT2D eigenvalue weighted by Gasteiger charge is 2.18. The summed E-state index contributed by atoms with van der Waals surface area (Å²) < 4.78 is 2.62. The molecule has 5 aromatic rings. The third-order valence-corrected chi connectivity index (χ3v) is 7.87. The Morgan fingerprint density at radius 1 is 1.05 bits per heavy atom. The predicted molar refractivity (Wildman–Crippen MR) is 150 cm³/mol. The summed E-state index contributed by atoms with van der Waals surface area (Å²) >= 11 is 2.42. The first-order valence-corrected chi connectivity index (χ1v) is 13.3. The second-order valence-electron chi connectivity index (χ2n) is 8.16. The number of hydrogen-bond acceptors (Lipinski definition) is 11. The average Bonchev–Trinajstić information content (AvgIpc) is 3.57. The minimum absolute atomic E-state index is 0.0715. The highest BCUT2D eigenvalue weighted by Crippen LogP contribution is 2.33. The zero-order valence-electron chi connectivity index (χ0n) is 20.6. The number of fused-ring (bicyclic) bond motifs is 1. The van der Waals surface area contributed by atoms with Gasteiger partial charge in [-0.2, -0.15) is 5.10 Å². The number of nitrogens with zero attached hydrogens (tertiary/aromatic N) is 7. The van der Waals surface area contributed by atoms with E-state index in [1.54, 1.807) is 30.6 Å². The number of carbonyl (C=O) groups excluding carboxylic acids is 1. The molecule has 0 bridgehead atoms. The van der Waals surface area contributed by atoms with E-state index < -0.39 is 15.8 Å². The minimum atomic E-state index is -0.521. The summed E-state index contributed by atoms with van der Waals surface area (Å²) in [5.74, 6) is 0.137. The van der Waals surface area contributed by atoms with Crippen molar-refractivity contribution < 1.29 is 14.6 Å². The van der Waals surface area contributed by atoms with Gasteiger partial charge in [0.25, 0.3) is 17.3 Å². The Balaban J connectivity index is 1.39. The van der Waals surface area contributed by atoms with E-state index in [0.717, 1.165) is 16.9 Å². The Kier molecular flexibility index (Phi) is 7.56. The molecule has 2 aromatic carbocycles. The Morgan fingerprint density at radius 3 is 2.50 bits per heavy atom. The minimum Gasteiger partial charge on any atom is -0.302 e. The molecule has 0 saturated heterocycles. The number of hydrogen-bond donors (Lipinski definition) is 1. The molecule has 0 aliphatic carbocycles. The normalized spacial score (nSPS) is 11.2. The molecule has 5 rings (SSSR count). The lowest BCUT2D eigenvalue weighted by Gasteiger charge is -2.09. The van der Waals surface area contributed by atoms with Crippen molar-refractivity contribution in [2.24, 2.45) is 5.10 Å². The Morgan fingerprint density at radius 2 is 1.77 bits per heavy atom. The lowest BCUT2D eigenvalue weighted by molar-refractivity contribution is -0.385. The third kappa shape index (κ3) is 5.55. The number of aromatic nitrogens is 4. The predicted octanol–water partition coefficient (Wildman–Crippen LogP) is 5.31. The lowest BCUT2D eigenvalue weighted by atomic mass is 10.2. The van der Waals surface area contributed by atoms with Crippen molar-refractivity contribution in [3.8, 4) is 11.4 Å². The van der Waals surface area contributed by atoms with Crippen molar-refractivity contribution in [1.82, 2.24) is 25.2 Å². The zero-order valence-corrected chi connectivity index (χ0v) is 22.3. The molecule has 1 amide bonds. The van der Waals surface area contributed by atoms with Gasteiger partial charge in [-0.3, -0.25) is 30.0 Å². The van der Waals surface area contributed by atoms with Crippen LogP contribution in [-0.4, -0.2) is 41.7 Å². The molecule has 0 fully saturated rings. The Hall–Kier alpha value is -5.02. The zero-order chi connectivity index (χ0) is 28.2.